The number of unbranched alkanes of at least 4 members (excludes halogenated alkanes) is 1. The van der Waals surface area contributed by atoms with Crippen molar-refractivity contribution in [3.63, 3.8) is 0 Å². The predicted molar refractivity (Wildman–Crippen MR) is 87.2 cm³/mol. The van der Waals surface area contributed by atoms with Gasteiger partial charge in [-0.1, -0.05) is 13.2 Å². The first-order valence-corrected chi connectivity index (χ1v) is 9.00. The van der Waals surface area contributed by atoms with Gasteiger partial charge >= 0.3 is 8.80 Å². The first-order valence-electron chi connectivity index (χ1n) is 7.07. The Hall–Kier alpha value is -1.28. The van der Waals surface area contributed by atoms with E-state index in [1.54, 1.807) is 35.2 Å². The second kappa shape index (κ2) is 9.68. The molecule has 0 aromatic rings. The van der Waals surface area contributed by atoms with Crippen LogP contribution in [0.15, 0.2) is 24.3 Å². The van der Waals surface area contributed by atoms with Crippen molar-refractivity contribution in [2.75, 3.05) is 27.9 Å². The van der Waals surface area contributed by atoms with Gasteiger partial charge in [0.2, 0.25) is 0 Å². The molecule has 0 saturated carbocycles. The van der Waals surface area contributed by atoms with Gasteiger partial charge in [-0.15, -0.1) is 0 Å². The summed E-state index contributed by atoms with van der Waals surface area (Å²) >= 11 is 0. The molecular formula is C15H27NO5Si. The largest absolute Gasteiger partial charge is 0.500 e. The molecule has 2 amide bonds. The normalized spacial score (nSPS) is 11.1. The molecule has 0 atom stereocenters. The Morgan fingerprint density at radius 3 is 1.64 bits per heavy atom. The van der Waals surface area contributed by atoms with Gasteiger partial charge < -0.3 is 13.3 Å². The van der Waals surface area contributed by atoms with E-state index in [4.69, 9.17) is 13.3 Å². The van der Waals surface area contributed by atoms with Crippen LogP contribution in [-0.2, 0) is 22.9 Å². The Morgan fingerprint density at radius 1 is 0.909 bits per heavy atom. The molecule has 0 spiro atoms. The maximum absolute atomic E-state index is 12.0. The average Bonchev–Trinajstić information content (AvgIpc) is 2.50. The van der Waals surface area contributed by atoms with Gasteiger partial charge in [-0.25, -0.2) is 0 Å². The standard InChI is InChI=1S/C15H27NO5Si/c1-12(2)14(17)16(15(18)13(3)4)10-8-9-11-22(19-5,20-6)21-7/h1,3,8-11H2,2,4-7H3. The summed E-state index contributed by atoms with van der Waals surface area (Å²) in [6, 6.07) is 0.618. The summed E-state index contributed by atoms with van der Waals surface area (Å²) in [5.41, 5.74) is 0.646. The maximum atomic E-state index is 12.0. The average molecular weight is 329 g/mol. The van der Waals surface area contributed by atoms with E-state index in [9.17, 15) is 9.59 Å². The van der Waals surface area contributed by atoms with Crippen LogP contribution in [0.3, 0.4) is 0 Å². The first-order chi connectivity index (χ1) is 10.2. The molecule has 0 aliphatic rings. The van der Waals surface area contributed by atoms with Crippen molar-refractivity contribution in [3.8, 4) is 0 Å². The number of rotatable bonds is 10. The van der Waals surface area contributed by atoms with Gasteiger partial charge in [-0.2, -0.15) is 0 Å². The topological polar surface area (TPSA) is 65.1 Å². The summed E-state index contributed by atoms with van der Waals surface area (Å²) in [4.78, 5) is 25.3. The molecule has 7 heteroatoms. The lowest BCUT2D eigenvalue weighted by molar-refractivity contribution is -0.140. The van der Waals surface area contributed by atoms with Crippen LogP contribution < -0.4 is 0 Å². The number of carbonyl (C=O) groups is 2. The zero-order valence-corrected chi connectivity index (χ0v) is 15.2. The molecule has 6 nitrogen and oxygen atoms in total. The monoisotopic (exact) mass is 329 g/mol. The van der Waals surface area contributed by atoms with E-state index >= 15 is 0 Å². The number of hydrogen-bond acceptors (Lipinski definition) is 5. The maximum Gasteiger partial charge on any atom is 0.500 e. The minimum absolute atomic E-state index is 0.305. The molecule has 0 aliphatic heterocycles. The van der Waals surface area contributed by atoms with Gasteiger partial charge in [-0.3, -0.25) is 14.5 Å². The summed E-state index contributed by atoms with van der Waals surface area (Å²) in [5, 5.41) is 0. The summed E-state index contributed by atoms with van der Waals surface area (Å²) in [5.74, 6) is -0.747. The van der Waals surface area contributed by atoms with Crippen molar-refractivity contribution >= 4 is 20.6 Å². The zero-order chi connectivity index (χ0) is 17.3. The van der Waals surface area contributed by atoms with Crippen LogP contribution in [0.2, 0.25) is 6.04 Å². The van der Waals surface area contributed by atoms with E-state index in [2.05, 4.69) is 13.2 Å². The number of carbonyl (C=O) groups excluding carboxylic acids is 2. The van der Waals surface area contributed by atoms with E-state index in [0.29, 0.717) is 36.6 Å². The molecule has 0 unspecified atom stereocenters. The Balaban J connectivity index is 4.66. The SMILES string of the molecule is C=C(C)C(=O)N(CCCC[Si](OC)(OC)OC)C(=O)C(=C)C. The minimum atomic E-state index is -2.61. The molecule has 0 fully saturated rings. The number of nitrogens with zero attached hydrogens (tertiary/aromatic N) is 1. The molecule has 0 aromatic heterocycles. The second-order valence-electron chi connectivity index (χ2n) is 5.08. The van der Waals surface area contributed by atoms with Crippen LogP contribution in [-0.4, -0.2) is 53.4 Å². The van der Waals surface area contributed by atoms with Crippen molar-refractivity contribution < 1.29 is 22.9 Å². The van der Waals surface area contributed by atoms with E-state index in [0.717, 1.165) is 0 Å². The van der Waals surface area contributed by atoms with Gasteiger partial charge in [0.05, 0.1) is 0 Å². The van der Waals surface area contributed by atoms with Crippen LogP contribution in [0, 0.1) is 0 Å². The molecule has 0 heterocycles. The zero-order valence-electron chi connectivity index (χ0n) is 14.2. The Morgan fingerprint density at radius 2 is 1.32 bits per heavy atom. The summed E-state index contributed by atoms with van der Waals surface area (Å²) < 4.78 is 16.0. The van der Waals surface area contributed by atoms with Gasteiger partial charge in [0.15, 0.2) is 0 Å². The summed E-state index contributed by atoms with van der Waals surface area (Å²) in [7, 11) is 2.06. The lowest BCUT2D eigenvalue weighted by atomic mass is 10.2. The van der Waals surface area contributed by atoms with Crippen molar-refractivity contribution in [2.45, 2.75) is 32.7 Å². The molecule has 22 heavy (non-hydrogen) atoms. The Labute approximate surface area is 134 Å². The van der Waals surface area contributed by atoms with Gasteiger partial charge in [0.25, 0.3) is 11.8 Å². The van der Waals surface area contributed by atoms with Crippen LogP contribution >= 0.6 is 0 Å². The molecule has 0 N–H and O–H groups in total. The number of amides is 2. The third kappa shape index (κ3) is 5.84. The van der Waals surface area contributed by atoms with E-state index < -0.39 is 8.80 Å². The van der Waals surface area contributed by atoms with E-state index in [1.165, 1.54) is 4.90 Å². The highest BCUT2D eigenvalue weighted by Crippen LogP contribution is 2.17. The quantitative estimate of drug-likeness (QED) is 0.349. The highest BCUT2D eigenvalue weighted by molar-refractivity contribution is 6.60. The number of hydrogen-bond donors (Lipinski definition) is 0. The lowest BCUT2D eigenvalue weighted by Crippen LogP contribution is -2.43. The molecule has 0 saturated heterocycles. The van der Waals surface area contributed by atoms with Gasteiger partial charge in [0.1, 0.15) is 0 Å². The molecular weight excluding hydrogens is 302 g/mol. The fraction of sp³-hybridized carbons (Fsp3) is 0.600. The summed E-state index contributed by atoms with van der Waals surface area (Å²) in [6.07, 6.45) is 1.34. The highest BCUT2D eigenvalue weighted by atomic mass is 28.4. The molecule has 0 radical (unpaired) electrons. The molecule has 126 valence electrons. The first kappa shape index (κ1) is 20.7. The van der Waals surface area contributed by atoms with Crippen molar-refractivity contribution in [2.24, 2.45) is 0 Å². The van der Waals surface area contributed by atoms with Crippen molar-refractivity contribution in [1.29, 1.82) is 0 Å². The third-order valence-electron chi connectivity index (χ3n) is 3.27. The fourth-order valence-corrected chi connectivity index (χ4v) is 3.72. The number of imide groups is 1. The lowest BCUT2D eigenvalue weighted by Gasteiger charge is -2.25. The van der Waals surface area contributed by atoms with Crippen molar-refractivity contribution in [3.05, 3.63) is 24.3 Å². The molecule has 0 rings (SSSR count). The van der Waals surface area contributed by atoms with Crippen LogP contribution in [0.1, 0.15) is 26.7 Å². The van der Waals surface area contributed by atoms with Gasteiger partial charge in [-0.05, 0) is 26.7 Å². The van der Waals surface area contributed by atoms with Crippen LogP contribution in [0.4, 0.5) is 0 Å². The molecule has 0 aromatic carbocycles. The van der Waals surface area contributed by atoms with E-state index in [1.807, 2.05) is 0 Å². The second-order valence-corrected chi connectivity index (χ2v) is 8.17. The third-order valence-corrected chi connectivity index (χ3v) is 6.10. The Bertz CT molecular complexity index is 397. The van der Waals surface area contributed by atoms with E-state index in [-0.39, 0.29) is 11.8 Å². The smallest absolute Gasteiger partial charge is 0.377 e. The van der Waals surface area contributed by atoms with Gasteiger partial charge in [0, 0.05) is 45.1 Å². The highest BCUT2D eigenvalue weighted by Gasteiger charge is 2.37. The predicted octanol–water partition coefficient (Wildman–Crippen LogP) is 2.15. The van der Waals surface area contributed by atoms with Crippen molar-refractivity contribution in [1.82, 2.24) is 4.90 Å². The van der Waals surface area contributed by atoms with Crippen LogP contribution in [0.5, 0.6) is 0 Å². The minimum Gasteiger partial charge on any atom is -0.377 e. The molecule has 0 aliphatic carbocycles. The van der Waals surface area contributed by atoms with Crippen LogP contribution in [0.25, 0.3) is 0 Å². The fourth-order valence-electron chi connectivity index (χ4n) is 1.92. The summed E-state index contributed by atoms with van der Waals surface area (Å²) in [6.45, 7) is 10.7. The Kier molecular flexibility index (Phi) is 9.11. The molecule has 0 bridgehead atoms.